The fourth-order valence-electron chi connectivity index (χ4n) is 4.39. The maximum atomic E-state index is 12.9. The van der Waals surface area contributed by atoms with Gasteiger partial charge in [0.25, 0.3) is 5.91 Å². The SMILES string of the molecule is CNC(=O)[C@H]1O[C@@H](n2cnc3c(N)nc(C#CCN(Cc4ccc(OC)cc4)C(=O)C4CC4)nc32)[C@H](O)C1O. The Bertz CT molecular complexity index is 1440. The zero-order valence-electron chi connectivity index (χ0n) is 21.4. The number of imidazole rings is 1. The molecule has 2 aromatic heterocycles. The third-order valence-corrected chi connectivity index (χ3v) is 6.71. The van der Waals surface area contributed by atoms with Gasteiger partial charge in [0, 0.05) is 19.5 Å². The Labute approximate surface area is 223 Å². The molecule has 13 heteroatoms. The number of nitrogen functional groups attached to an aromatic ring is 1. The largest absolute Gasteiger partial charge is 0.497 e. The number of aromatic nitrogens is 4. The van der Waals surface area contributed by atoms with E-state index in [9.17, 15) is 19.8 Å². The molecule has 4 atom stereocenters. The molecule has 3 aromatic rings. The van der Waals surface area contributed by atoms with Crippen LogP contribution < -0.4 is 15.8 Å². The quantitative estimate of drug-likeness (QED) is 0.290. The number of carbonyl (C=O) groups excluding carboxylic acids is 2. The minimum absolute atomic E-state index is 0.0226. The van der Waals surface area contributed by atoms with E-state index in [1.807, 2.05) is 24.3 Å². The van der Waals surface area contributed by atoms with Crippen LogP contribution >= 0.6 is 0 Å². The van der Waals surface area contributed by atoms with Crippen LogP contribution in [0.2, 0.25) is 0 Å². The van der Waals surface area contributed by atoms with Crippen LogP contribution in [-0.2, 0) is 20.9 Å². The summed E-state index contributed by atoms with van der Waals surface area (Å²) in [5.74, 6) is 6.21. The lowest BCUT2D eigenvalue weighted by Gasteiger charge is -2.20. The van der Waals surface area contributed by atoms with E-state index in [1.54, 1.807) is 12.0 Å². The van der Waals surface area contributed by atoms with Crippen molar-refractivity contribution in [2.24, 2.45) is 5.92 Å². The molecule has 39 heavy (non-hydrogen) atoms. The second-order valence-electron chi connectivity index (χ2n) is 9.42. The number of aliphatic hydroxyl groups excluding tert-OH is 2. The molecule has 1 aliphatic carbocycles. The van der Waals surface area contributed by atoms with Crippen LogP contribution in [0.5, 0.6) is 5.75 Å². The monoisotopic (exact) mass is 535 g/mol. The maximum Gasteiger partial charge on any atom is 0.251 e. The number of nitrogens with two attached hydrogens (primary N) is 1. The molecule has 204 valence electrons. The molecule has 0 spiro atoms. The highest BCUT2D eigenvalue weighted by atomic mass is 16.6. The summed E-state index contributed by atoms with van der Waals surface area (Å²) in [5, 5.41) is 23.2. The first-order valence-corrected chi connectivity index (χ1v) is 12.4. The summed E-state index contributed by atoms with van der Waals surface area (Å²) in [6, 6.07) is 7.50. The van der Waals surface area contributed by atoms with E-state index in [0.717, 1.165) is 24.2 Å². The Morgan fingerprint density at radius 2 is 1.97 bits per heavy atom. The van der Waals surface area contributed by atoms with Crippen LogP contribution in [0.1, 0.15) is 30.5 Å². The van der Waals surface area contributed by atoms with Gasteiger partial charge in [0.05, 0.1) is 20.0 Å². The Morgan fingerprint density at radius 1 is 1.23 bits per heavy atom. The zero-order valence-corrected chi connectivity index (χ0v) is 21.4. The smallest absolute Gasteiger partial charge is 0.251 e. The highest BCUT2D eigenvalue weighted by Gasteiger charge is 2.47. The molecule has 0 bridgehead atoms. The molecular weight excluding hydrogens is 506 g/mol. The number of fused-ring (bicyclic) bond motifs is 1. The summed E-state index contributed by atoms with van der Waals surface area (Å²) >= 11 is 0. The van der Waals surface area contributed by atoms with Crippen molar-refractivity contribution in [1.29, 1.82) is 0 Å². The topological polar surface area (TPSA) is 178 Å². The van der Waals surface area contributed by atoms with Gasteiger partial charge in [0.15, 0.2) is 23.8 Å². The lowest BCUT2D eigenvalue weighted by Crippen LogP contribution is -2.41. The van der Waals surface area contributed by atoms with Crippen LogP contribution in [0.25, 0.3) is 11.2 Å². The Hall–Kier alpha value is -4.25. The molecule has 0 radical (unpaired) electrons. The second kappa shape index (κ2) is 10.9. The summed E-state index contributed by atoms with van der Waals surface area (Å²) in [6.07, 6.45) is -2.20. The summed E-state index contributed by atoms with van der Waals surface area (Å²) in [5.41, 5.74) is 7.51. The van der Waals surface area contributed by atoms with Crippen molar-refractivity contribution in [2.45, 2.75) is 43.9 Å². The standard InChI is InChI=1S/C26H29N7O6/c1-28-24(36)21-19(34)20(35)26(39-21)33-13-29-18-22(27)30-17(31-23(18)33)4-3-11-32(25(37)15-7-8-15)12-14-5-9-16(38-2)10-6-14/h5-6,9-10,13,15,19-21,26,34-35H,7-8,11-12H2,1-2H3,(H,28,36)(H2,27,30,31)/t19?,20-,21+,26-/m1/s1. The molecule has 1 saturated carbocycles. The van der Waals surface area contributed by atoms with Gasteiger partial charge in [-0.15, -0.1) is 0 Å². The van der Waals surface area contributed by atoms with E-state index in [0.29, 0.717) is 6.54 Å². The maximum absolute atomic E-state index is 12.9. The number of nitrogens with one attached hydrogen (secondary N) is 1. The number of benzene rings is 1. The van der Waals surface area contributed by atoms with Crippen molar-refractivity contribution in [3.05, 3.63) is 42.0 Å². The first-order chi connectivity index (χ1) is 18.8. The Kier molecular flexibility index (Phi) is 7.34. The molecule has 5 rings (SSSR count). The zero-order chi connectivity index (χ0) is 27.7. The number of rotatable bonds is 7. The van der Waals surface area contributed by atoms with Gasteiger partial charge in [-0.25, -0.2) is 15.0 Å². The highest BCUT2D eigenvalue weighted by molar-refractivity contribution is 5.83. The minimum atomic E-state index is -1.45. The van der Waals surface area contributed by atoms with E-state index in [-0.39, 0.29) is 41.2 Å². The lowest BCUT2D eigenvalue weighted by atomic mass is 10.1. The van der Waals surface area contributed by atoms with E-state index in [4.69, 9.17) is 15.2 Å². The summed E-state index contributed by atoms with van der Waals surface area (Å²) in [7, 11) is 3.00. The van der Waals surface area contributed by atoms with Gasteiger partial charge in [-0.05, 0) is 36.5 Å². The molecule has 13 nitrogen and oxygen atoms in total. The van der Waals surface area contributed by atoms with E-state index in [1.165, 1.54) is 17.9 Å². The van der Waals surface area contributed by atoms with Crippen molar-refractivity contribution in [3.8, 4) is 17.6 Å². The molecule has 3 heterocycles. The molecule has 1 aliphatic heterocycles. The number of carbonyl (C=O) groups is 2. The number of anilines is 1. The van der Waals surface area contributed by atoms with Gasteiger partial charge in [-0.1, -0.05) is 18.1 Å². The van der Waals surface area contributed by atoms with Gasteiger partial charge in [-0.2, -0.15) is 0 Å². The predicted octanol–water partition coefficient (Wildman–Crippen LogP) is -0.427. The second-order valence-corrected chi connectivity index (χ2v) is 9.42. The Balaban J connectivity index is 1.38. The predicted molar refractivity (Wildman–Crippen MR) is 138 cm³/mol. The van der Waals surface area contributed by atoms with Crippen molar-refractivity contribution < 1.29 is 29.3 Å². The number of hydrogen-bond donors (Lipinski definition) is 4. The number of aliphatic hydroxyl groups is 2. The molecule has 2 amide bonds. The fourth-order valence-corrected chi connectivity index (χ4v) is 4.39. The Morgan fingerprint density at radius 3 is 2.64 bits per heavy atom. The summed E-state index contributed by atoms with van der Waals surface area (Å²) < 4.78 is 12.2. The molecule has 1 unspecified atom stereocenters. The van der Waals surface area contributed by atoms with Crippen LogP contribution in [0.4, 0.5) is 5.82 Å². The van der Waals surface area contributed by atoms with Crippen molar-refractivity contribution in [2.75, 3.05) is 26.4 Å². The van der Waals surface area contributed by atoms with Crippen LogP contribution in [-0.4, -0.2) is 85.5 Å². The number of nitrogens with zero attached hydrogens (tertiary/aromatic N) is 5. The fraction of sp³-hybridized carbons (Fsp3) is 0.423. The number of methoxy groups -OCH3 is 1. The third kappa shape index (κ3) is 5.35. The van der Waals surface area contributed by atoms with Gasteiger partial charge >= 0.3 is 0 Å². The van der Waals surface area contributed by atoms with E-state index in [2.05, 4.69) is 32.1 Å². The number of amides is 2. The first-order valence-electron chi connectivity index (χ1n) is 12.4. The summed E-state index contributed by atoms with van der Waals surface area (Å²) in [4.78, 5) is 39.5. The molecule has 1 saturated heterocycles. The van der Waals surface area contributed by atoms with Crippen LogP contribution in [0, 0.1) is 17.8 Å². The van der Waals surface area contributed by atoms with Gasteiger partial charge < -0.3 is 35.6 Å². The molecule has 2 fully saturated rings. The molecule has 1 aromatic carbocycles. The van der Waals surface area contributed by atoms with Crippen LogP contribution in [0.15, 0.2) is 30.6 Å². The third-order valence-electron chi connectivity index (χ3n) is 6.71. The average molecular weight is 536 g/mol. The number of hydrogen-bond acceptors (Lipinski definition) is 10. The molecule has 2 aliphatic rings. The average Bonchev–Trinajstić information content (AvgIpc) is 3.65. The number of likely N-dealkylation sites (N-methyl/N-ethyl adjacent to an activating group) is 1. The first kappa shape index (κ1) is 26.4. The lowest BCUT2D eigenvalue weighted by molar-refractivity contribution is -0.137. The molecule has 5 N–H and O–H groups in total. The van der Waals surface area contributed by atoms with Crippen molar-refractivity contribution in [3.63, 3.8) is 0 Å². The van der Waals surface area contributed by atoms with Gasteiger partial charge in [0.2, 0.25) is 11.7 Å². The minimum Gasteiger partial charge on any atom is -0.497 e. The highest BCUT2D eigenvalue weighted by Crippen LogP contribution is 2.33. The summed E-state index contributed by atoms with van der Waals surface area (Å²) in [6.45, 7) is 0.556. The molecular formula is C26H29N7O6. The normalized spacial score (nSPS) is 22.3. The van der Waals surface area contributed by atoms with Crippen molar-refractivity contribution in [1.82, 2.24) is 29.7 Å². The van der Waals surface area contributed by atoms with E-state index >= 15 is 0 Å². The van der Waals surface area contributed by atoms with Crippen molar-refractivity contribution >= 4 is 28.8 Å². The van der Waals surface area contributed by atoms with Gasteiger partial charge in [-0.3, -0.25) is 14.2 Å². The van der Waals surface area contributed by atoms with Crippen LogP contribution in [0.3, 0.4) is 0 Å². The number of ether oxygens (including phenoxy) is 2. The van der Waals surface area contributed by atoms with Gasteiger partial charge in [0.1, 0.15) is 23.5 Å². The van der Waals surface area contributed by atoms with E-state index < -0.39 is 30.4 Å².